The number of carbonyl (C=O) groups is 1. The minimum absolute atomic E-state index is 0.223. The predicted octanol–water partition coefficient (Wildman–Crippen LogP) is 0.114. The summed E-state index contributed by atoms with van der Waals surface area (Å²) in [5.41, 5.74) is 0.752. The van der Waals surface area contributed by atoms with Gasteiger partial charge in [-0.25, -0.2) is 9.97 Å². The van der Waals surface area contributed by atoms with Gasteiger partial charge in [0.15, 0.2) is 17.7 Å². The summed E-state index contributed by atoms with van der Waals surface area (Å²) in [5, 5.41) is 11.0. The van der Waals surface area contributed by atoms with Gasteiger partial charge in [0.05, 0.1) is 0 Å². The van der Waals surface area contributed by atoms with E-state index in [1.807, 2.05) is 0 Å². The topological polar surface area (TPSA) is 101 Å². The molecule has 2 aromatic heterocycles. The first-order chi connectivity index (χ1) is 6.77. The van der Waals surface area contributed by atoms with Crippen LogP contribution in [0.5, 0.6) is 0 Å². The smallest absolute Gasteiger partial charge is 0.322 e. The van der Waals surface area contributed by atoms with E-state index in [1.165, 1.54) is 12.7 Å². The van der Waals surface area contributed by atoms with Crippen molar-refractivity contribution in [2.24, 2.45) is 0 Å². The maximum atomic E-state index is 10.3. The maximum Gasteiger partial charge on any atom is 0.322 e. The molecule has 0 amide bonds. The summed E-state index contributed by atoms with van der Waals surface area (Å²) in [6.45, 7) is -0.223. The van der Waals surface area contributed by atoms with Crippen molar-refractivity contribution in [1.29, 1.82) is 0 Å². The average Bonchev–Trinajstić information content (AvgIpc) is 2.62. The fraction of sp³-hybridized carbons (Fsp3) is 0.143. The molecule has 14 heavy (non-hydrogen) atoms. The van der Waals surface area contributed by atoms with Crippen LogP contribution < -0.4 is 5.32 Å². The third kappa shape index (κ3) is 1.47. The first kappa shape index (κ1) is 8.42. The van der Waals surface area contributed by atoms with E-state index in [2.05, 4.69) is 20.3 Å². The second-order valence-electron chi connectivity index (χ2n) is 2.48. The number of carboxylic acids is 1. The fourth-order valence-electron chi connectivity index (χ4n) is 0.983. The quantitative estimate of drug-likeness (QED) is 0.715. The molecule has 0 bridgehead atoms. The highest BCUT2D eigenvalue weighted by Gasteiger charge is 2.07. The molecule has 0 fully saturated rings. The lowest BCUT2D eigenvalue weighted by Crippen LogP contribution is -2.13. The number of oxazole rings is 1. The molecule has 0 spiro atoms. The molecule has 2 heterocycles. The summed E-state index contributed by atoms with van der Waals surface area (Å²) in [6, 6.07) is 0. The van der Waals surface area contributed by atoms with E-state index >= 15 is 0 Å². The van der Waals surface area contributed by atoms with Gasteiger partial charge in [-0.15, -0.1) is 0 Å². The van der Waals surface area contributed by atoms with Gasteiger partial charge in [0.2, 0.25) is 0 Å². The Labute approximate surface area is 77.8 Å². The number of nitrogens with zero attached hydrogens (tertiary/aromatic N) is 3. The molecular weight excluding hydrogens is 188 g/mol. The van der Waals surface area contributed by atoms with E-state index in [0.29, 0.717) is 17.0 Å². The largest absolute Gasteiger partial charge is 0.480 e. The molecule has 0 unspecified atom stereocenters. The minimum Gasteiger partial charge on any atom is -0.480 e. The molecule has 0 saturated carbocycles. The molecule has 0 aromatic carbocycles. The number of aromatic nitrogens is 3. The summed E-state index contributed by atoms with van der Waals surface area (Å²) in [6.07, 6.45) is 2.50. The molecule has 0 atom stereocenters. The Balaban J connectivity index is 2.32. The molecule has 0 aliphatic rings. The third-order valence-corrected chi connectivity index (χ3v) is 1.54. The Hall–Kier alpha value is -2.18. The van der Waals surface area contributed by atoms with Gasteiger partial charge < -0.3 is 14.8 Å². The molecule has 2 aromatic rings. The van der Waals surface area contributed by atoms with Crippen LogP contribution in [0.15, 0.2) is 17.1 Å². The number of aliphatic carboxylic acids is 1. The summed E-state index contributed by atoms with van der Waals surface area (Å²) in [7, 11) is 0. The number of rotatable bonds is 3. The zero-order valence-corrected chi connectivity index (χ0v) is 6.97. The molecule has 0 aliphatic carbocycles. The van der Waals surface area contributed by atoms with Gasteiger partial charge in [0.1, 0.15) is 12.9 Å². The van der Waals surface area contributed by atoms with Gasteiger partial charge in [-0.2, -0.15) is 4.98 Å². The van der Waals surface area contributed by atoms with E-state index in [0.717, 1.165) is 0 Å². The van der Waals surface area contributed by atoms with E-state index in [9.17, 15) is 4.79 Å². The molecule has 72 valence electrons. The molecule has 7 nitrogen and oxygen atoms in total. The third-order valence-electron chi connectivity index (χ3n) is 1.54. The van der Waals surface area contributed by atoms with Crippen LogP contribution in [-0.2, 0) is 4.79 Å². The van der Waals surface area contributed by atoms with Gasteiger partial charge in [-0.05, 0) is 0 Å². The highest BCUT2D eigenvalue weighted by Crippen LogP contribution is 2.15. The molecule has 7 heteroatoms. The van der Waals surface area contributed by atoms with Crippen LogP contribution in [0.2, 0.25) is 0 Å². The summed E-state index contributed by atoms with van der Waals surface area (Å²) < 4.78 is 4.92. The van der Waals surface area contributed by atoms with Crippen molar-refractivity contribution in [2.75, 3.05) is 11.9 Å². The Morgan fingerprint density at radius 2 is 2.36 bits per heavy atom. The lowest BCUT2D eigenvalue weighted by Gasteiger charge is -2.00. The number of nitrogens with one attached hydrogen (secondary N) is 1. The SMILES string of the molecule is O=C(O)CNc1ncnc2ocnc12. The van der Waals surface area contributed by atoms with Crippen molar-refractivity contribution in [3.05, 3.63) is 12.7 Å². The summed E-state index contributed by atoms with van der Waals surface area (Å²) >= 11 is 0. The number of hydrogen-bond donors (Lipinski definition) is 2. The highest BCUT2D eigenvalue weighted by molar-refractivity contribution is 5.82. The molecular formula is C7H6N4O3. The Bertz CT molecular complexity index is 467. The van der Waals surface area contributed by atoms with Gasteiger partial charge in [0, 0.05) is 0 Å². The Morgan fingerprint density at radius 1 is 1.50 bits per heavy atom. The first-order valence-corrected chi connectivity index (χ1v) is 3.77. The van der Waals surface area contributed by atoms with Crippen molar-refractivity contribution in [3.63, 3.8) is 0 Å². The molecule has 0 aliphatic heterocycles. The van der Waals surface area contributed by atoms with Crippen LogP contribution in [0, 0.1) is 0 Å². The second-order valence-corrected chi connectivity index (χ2v) is 2.48. The van der Waals surface area contributed by atoms with Crippen LogP contribution in [0.3, 0.4) is 0 Å². The normalized spacial score (nSPS) is 10.3. The first-order valence-electron chi connectivity index (χ1n) is 3.77. The molecule has 2 N–H and O–H groups in total. The van der Waals surface area contributed by atoms with Crippen molar-refractivity contribution in [2.45, 2.75) is 0 Å². The van der Waals surface area contributed by atoms with Gasteiger partial charge in [-0.1, -0.05) is 0 Å². The number of anilines is 1. The van der Waals surface area contributed by atoms with E-state index < -0.39 is 5.97 Å². The van der Waals surface area contributed by atoms with Crippen LogP contribution in [0.1, 0.15) is 0 Å². The lowest BCUT2D eigenvalue weighted by molar-refractivity contribution is -0.134. The van der Waals surface area contributed by atoms with Crippen LogP contribution in [0.4, 0.5) is 5.82 Å². The number of fused-ring (bicyclic) bond motifs is 1. The predicted molar refractivity (Wildman–Crippen MR) is 45.7 cm³/mol. The van der Waals surface area contributed by atoms with E-state index in [4.69, 9.17) is 9.52 Å². The molecule has 2 rings (SSSR count). The summed E-state index contributed by atoms with van der Waals surface area (Å²) in [4.78, 5) is 21.8. The highest BCUT2D eigenvalue weighted by atomic mass is 16.4. The number of carboxylic acid groups (broad SMARTS) is 1. The van der Waals surface area contributed by atoms with Crippen molar-refractivity contribution in [3.8, 4) is 0 Å². The van der Waals surface area contributed by atoms with Crippen LogP contribution >= 0.6 is 0 Å². The van der Waals surface area contributed by atoms with Crippen LogP contribution in [0.25, 0.3) is 11.2 Å². The maximum absolute atomic E-state index is 10.3. The van der Waals surface area contributed by atoms with Gasteiger partial charge >= 0.3 is 5.97 Å². The van der Waals surface area contributed by atoms with Crippen molar-refractivity contribution < 1.29 is 14.3 Å². The van der Waals surface area contributed by atoms with Gasteiger partial charge in [0.25, 0.3) is 5.71 Å². The second kappa shape index (κ2) is 3.29. The Morgan fingerprint density at radius 3 is 3.14 bits per heavy atom. The fourth-order valence-corrected chi connectivity index (χ4v) is 0.983. The van der Waals surface area contributed by atoms with Crippen molar-refractivity contribution >= 4 is 23.0 Å². The number of hydrogen-bond acceptors (Lipinski definition) is 6. The van der Waals surface area contributed by atoms with Gasteiger partial charge in [-0.3, -0.25) is 4.79 Å². The standard InChI is InChI=1S/C7H6N4O3/c12-4(13)1-8-6-5-7(10-2-9-6)14-3-11-5/h2-3H,1H2,(H,12,13)(H,8,9,10). The van der Waals surface area contributed by atoms with E-state index in [1.54, 1.807) is 0 Å². The summed E-state index contributed by atoms with van der Waals surface area (Å²) in [5.74, 6) is -0.619. The van der Waals surface area contributed by atoms with Crippen molar-refractivity contribution in [1.82, 2.24) is 15.0 Å². The zero-order valence-electron chi connectivity index (χ0n) is 6.97. The van der Waals surface area contributed by atoms with E-state index in [-0.39, 0.29) is 6.54 Å². The zero-order chi connectivity index (χ0) is 9.97. The van der Waals surface area contributed by atoms with Crippen LogP contribution in [-0.4, -0.2) is 32.6 Å². The lowest BCUT2D eigenvalue weighted by atomic mass is 10.5. The molecule has 0 saturated heterocycles. The monoisotopic (exact) mass is 194 g/mol. The molecule has 0 radical (unpaired) electrons. The minimum atomic E-state index is -0.972. The average molecular weight is 194 g/mol. The Kier molecular flexibility index (Phi) is 1.98.